The lowest BCUT2D eigenvalue weighted by molar-refractivity contribution is -0.147. The molecule has 0 radical (unpaired) electrons. The minimum atomic E-state index is -1.34. The first-order valence-electron chi connectivity index (χ1n) is 3.14. The standard InChI is InChI=1S/C6H9NO5/c1-7-12-5(3-8)4(9)2-6(10)11/h3,5,7H,2H2,1H3,(H,10,11). The third kappa shape index (κ3) is 3.79. The van der Waals surface area contributed by atoms with Gasteiger partial charge in [-0.15, -0.1) is 0 Å². The van der Waals surface area contributed by atoms with Crippen molar-refractivity contribution in [2.45, 2.75) is 12.5 Å². The summed E-state index contributed by atoms with van der Waals surface area (Å²) in [5, 5.41) is 8.18. The van der Waals surface area contributed by atoms with E-state index in [-0.39, 0.29) is 6.29 Å². The number of carboxylic acids is 1. The van der Waals surface area contributed by atoms with Gasteiger partial charge in [-0.05, 0) is 0 Å². The average molecular weight is 175 g/mol. The maximum Gasteiger partial charge on any atom is 0.310 e. The first kappa shape index (κ1) is 10.7. The van der Waals surface area contributed by atoms with Gasteiger partial charge in [0.25, 0.3) is 0 Å². The Bertz CT molecular complexity index is 190. The lowest BCUT2D eigenvalue weighted by Gasteiger charge is -2.06. The normalized spacial score (nSPS) is 12.1. The summed E-state index contributed by atoms with van der Waals surface area (Å²) in [5.74, 6) is -2.07. The highest BCUT2D eigenvalue weighted by molar-refractivity contribution is 6.04. The summed E-state index contributed by atoms with van der Waals surface area (Å²) in [5.41, 5.74) is 2.13. The highest BCUT2D eigenvalue weighted by Crippen LogP contribution is 1.92. The van der Waals surface area contributed by atoms with Crippen LogP contribution in [0, 0.1) is 0 Å². The van der Waals surface area contributed by atoms with Gasteiger partial charge >= 0.3 is 5.97 Å². The SMILES string of the molecule is CNOC(C=O)C(=O)CC(=O)O. The largest absolute Gasteiger partial charge is 0.481 e. The molecule has 12 heavy (non-hydrogen) atoms. The van der Waals surface area contributed by atoms with Crippen molar-refractivity contribution in [2.75, 3.05) is 7.05 Å². The molecule has 6 heteroatoms. The summed E-state index contributed by atoms with van der Waals surface area (Å²) >= 11 is 0. The van der Waals surface area contributed by atoms with Crippen LogP contribution in [0.2, 0.25) is 0 Å². The van der Waals surface area contributed by atoms with Crippen LogP contribution >= 0.6 is 0 Å². The summed E-state index contributed by atoms with van der Waals surface area (Å²) in [7, 11) is 1.37. The lowest BCUT2D eigenvalue weighted by Crippen LogP contribution is -2.31. The maximum atomic E-state index is 10.8. The van der Waals surface area contributed by atoms with Crippen molar-refractivity contribution in [1.29, 1.82) is 0 Å². The number of hydrogen-bond acceptors (Lipinski definition) is 5. The van der Waals surface area contributed by atoms with Crippen LogP contribution < -0.4 is 5.48 Å². The molecule has 0 fully saturated rings. The van der Waals surface area contributed by atoms with E-state index in [1.165, 1.54) is 7.05 Å². The van der Waals surface area contributed by atoms with Gasteiger partial charge in [-0.1, -0.05) is 0 Å². The Balaban J connectivity index is 4.02. The van der Waals surface area contributed by atoms with Crippen molar-refractivity contribution in [2.24, 2.45) is 0 Å². The van der Waals surface area contributed by atoms with Gasteiger partial charge < -0.3 is 5.11 Å². The van der Waals surface area contributed by atoms with Gasteiger partial charge in [-0.3, -0.25) is 19.2 Å². The van der Waals surface area contributed by atoms with E-state index in [9.17, 15) is 14.4 Å². The number of carboxylic acid groups (broad SMARTS) is 1. The molecule has 0 spiro atoms. The number of hydroxylamine groups is 1. The third-order valence-electron chi connectivity index (χ3n) is 1.01. The Labute approximate surface area is 68.5 Å². The fourth-order valence-electron chi connectivity index (χ4n) is 0.546. The zero-order valence-corrected chi connectivity index (χ0v) is 6.44. The predicted molar refractivity (Wildman–Crippen MR) is 37.3 cm³/mol. The Morgan fingerprint density at radius 1 is 1.67 bits per heavy atom. The minimum Gasteiger partial charge on any atom is -0.481 e. The van der Waals surface area contributed by atoms with Crippen molar-refractivity contribution < 1.29 is 24.3 Å². The number of Topliss-reactive ketones (excluding diaryl/α,β-unsaturated/α-hetero) is 1. The zero-order chi connectivity index (χ0) is 9.56. The Kier molecular flexibility index (Phi) is 4.82. The van der Waals surface area contributed by atoms with Crippen molar-refractivity contribution in [3.8, 4) is 0 Å². The van der Waals surface area contributed by atoms with Crippen molar-refractivity contribution >= 4 is 18.0 Å². The molecule has 68 valence electrons. The molecule has 0 saturated carbocycles. The van der Waals surface area contributed by atoms with Gasteiger partial charge in [0.15, 0.2) is 18.2 Å². The Morgan fingerprint density at radius 3 is 2.58 bits per heavy atom. The molecule has 1 atom stereocenters. The van der Waals surface area contributed by atoms with Gasteiger partial charge in [0.05, 0.1) is 0 Å². The second-order valence-electron chi connectivity index (χ2n) is 1.92. The van der Waals surface area contributed by atoms with E-state index in [4.69, 9.17) is 5.11 Å². The lowest BCUT2D eigenvalue weighted by atomic mass is 10.2. The van der Waals surface area contributed by atoms with Crippen LogP contribution in [-0.4, -0.2) is 36.3 Å². The molecule has 0 aliphatic heterocycles. The third-order valence-corrected chi connectivity index (χ3v) is 1.01. The highest BCUT2D eigenvalue weighted by atomic mass is 16.7. The Hall–Kier alpha value is -1.27. The number of ketones is 1. The van der Waals surface area contributed by atoms with Crippen LogP contribution in [0.4, 0.5) is 0 Å². The summed E-state index contributed by atoms with van der Waals surface area (Å²) < 4.78 is 0. The summed E-state index contributed by atoms with van der Waals surface area (Å²) in [6.45, 7) is 0. The summed E-state index contributed by atoms with van der Waals surface area (Å²) in [6.07, 6.45) is -1.82. The molecule has 0 saturated heterocycles. The number of rotatable bonds is 6. The number of carbonyl (C=O) groups is 3. The fraction of sp³-hybridized carbons (Fsp3) is 0.500. The molecule has 0 amide bonds. The fourth-order valence-corrected chi connectivity index (χ4v) is 0.546. The molecule has 0 aromatic heterocycles. The molecular formula is C6H9NO5. The van der Waals surface area contributed by atoms with Crippen LogP contribution in [0.25, 0.3) is 0 Å². The summed E-state index contributed by atoms with van der Waals surface area (Å²) in [6, 6.07) is 0. The van der Waals surface area contributed by atoms with Gasteiger partial charge in [0.1, 0.15) is 6.42 Å². The molecule has 0 heterocycles. The number of carbonyl (C=O) groups excluding carboxylic acids is 2. The van der Waals surface area contributed by atoms with Crippen molar-refractivity contribution in [3.63, 3.8) is 0 Å². The molecule has 0 aliphatic carbocycles. The first-order chi connectivity index (χ1) is 5.61. The topological polar surface area (TPSA) is 92.7 Å². The van der Waals surface area contributed by atoms with Crippen LogP contribution in [0.5, 0.6) is 0 Å². The molecule has 0 aromatic rings. The Morgan fingerprint density at radius 2 is 2.25 bits per heavy atom. The second-order valence-corrected chi connectivity index (χ2v) is 1.92. The van der Waals surface area contributed by atoms with Gasteiger partial charge in [0.2, 0.25) is 0 Å². The molecule has 0 aliphatic rings. The molecule has 2 N–H and O–H groups in total. The smallest absolute Gasteiger partial charge is 0.310 e. The molecular weight excluding hydrogens is 166 g/mol. The van der Waals surface area contributed by atoms with E-state index in [0.717, 1.165) is 0 Å². The minimum absolute atomic E-state index is 0.238. The molecule has 0 bridgehead atoms. The molecule has 1 unspecified atom stereocenters. The van der Waals surface area contributed by atoms with Crippen LogP contribution in [-0.2, 0) is 19.2 Å². The molecule has 0 rings (SSSR count). The molecule has 0 aromatic carbocycles. The molecule has 6 nitrogen and oxygen atoms in total. The van der Waals surface area contributed by atoms with Gasteiger partial charge in [-0.25, -0.2) is 5.48 Å². The van der Waals surface area contributed by atoms with Gasteiger partial charge in [-0.2, -0.15) is 0 Å². The van der Waals surface area contributed by atoms with E-state index in [1.54, 1.807) is 0 Å². The zero-order valence-electron chi connectivity index (χ0n) is 6.44. The van der Waals surface area contributed by atoms with Crippen molar-refractivity contribution in [1.82, 2.24) is 5.48 Å². The maximum absolute atomic E-state index is 10.8. The van der Waals surface area contributed by atoms with Crippen molar-refractivity contribution in [3.05, 3.63) is 0 Å². The van der Waals surface area contributed by atoms with Crippen LogP contribution in [0.15, 0.2) is 0 Å². The quantitative estimate of drug-likeness (QED) is 0.297. The van der Waals surface area contributed by atoms with E-state index in [2.05, 4.69) is 10.3 Å². The van der Waals surface area contributed by atoms with Gasteiger partial charge in [0, 0.05) is 7.05 Å². The first-order valence-corrected chi connectivity index (χ1v) is 3.14. The van der Waals surface area contributed by atoms with E-state index < -0.39 is 24.3 Å². The number of aldehydes is 1. The monoisotopic (exact) mass is 175 g/mol. The van der Waals surface area contributed by atoms with E-state index >= 15 is 0 Å². The van der Waals surface area contributed by atoms with E-state index in [0.29, 0.717) is 0 Å². The predicted octanol–water partition coefficient (Wildman–Crippen LogP) is -1.25. The highest BCUT2D eigenvalue weighted by Gasteiger charge is 2.20. The van der Waals surface area contributed by atoms with Crippen LogP contribution in [0.1, 0.15) is 6.42 Å². The average Bonchev–Trinajstić information content (AvgIpc) is 1.98. The number of aliphatic carboxylic acids is 1. The second kappa shape index (κ2) is 5.39. The number of hydrogen-bond donors (Lipinski definition) is 2. The summed E-state index contributed by atoms with van der Waals surface area (Å²) in [4.78, 5) is 35.4. The van der Waals surface area contributed by atoms with E-state index in [1.807, 2.05) is 0 Å². The van der Waals surface area contributed by atoms with Crippen LogP contribution in [0.3, 0.4) is 0 Å². The number of nitrogens with one attached hydrogen (secondary N) is 1.